The zero-order valence-electron chi connectivity index (χ0n) is 7.52. The maximum Gasteiger partial charge on any atom is 0.137 e. The molecule has 1 aliphatic rings. The number of carbonyl (C=O) groups excluding carboxylic acids is 1. The fraction of sp³-hybridized carbons (Fsp3) is 0.667. The van der Waals surface area contributed by atoms with E-state index in [0.29, 0.717) is 11.7 Å². The summed E-state index contributed by atoms with van der Waals surface area (Å²) in [5, 5.41) is 4.03. The van der Waals surface area contributed by atoms with Crippen molar-refractivity contribution in [2.45, 2.75) is 32.2 Å². The Balaban J connectivity index is 1.91. The molecular formula is C9H13N3O. The standard InChI is InChI=1S/C9H13N3O/c13-9-3-1-2-8(4-9)5-12-7-10-6-11-12/h6-8H,1-5H2. The second kappa shape index (κ2) is 3.68. The normalized spacial score (nSPS) is 23.4. The summed E-state index contributed by atoms with van der Waals surface area (Å²) >= 11 is 0. The van der Waals surface area contributed by atoms with Gasteiger partial charge in [-0.3, -0.25) is 9.48 Å². The van der Waals surface area contributed by atoms with Crippen LogP contribution in [0.2, 0.25) is 0 Å². The molecule has 1 aromatic rings. The Hall–Kier alpha value is -1.19. The Kier molecular flexibility index (Phi) is 2.38. The van der Waals surface area contributed by atoms with Crippen LogP contribution in [0.1, 0.15) is 25.7 Å². The largest absolute Gasteiger partial charge is 0.300 e. The smallest absolute Gasteiger partial charge is 0.137 e. The molecule has 1 aliphatic carbocycles. The van der Waals surface area contributed by atoms with Crippen molar-refractivity contribution in [2.75, 3.05) is 0 Å². The van der Waals surface area contributed by atoms with Gasteiger partial charge in [0.2, 0.25) is 0 Å². The highest BCUT2D eigenvalue weighted by Gasteiger charge is 2.19. The van der Waals surface area contributed by atoms with Gasteiger partial charge >= 0.3 is 0 Å². The molecule has 13 heavy (non-hydrogen) atoms. The predicted molar refractivity (Wildman–Crippen MR) is 47.0 cm³/mol. The molecule has 0 amide bonds. The number of nitrogens with zero attached hydrogens (tertiary/aromatic N) is 3. The quantitative estimate of drug-likeness (QED) is 0.681. The molecule has 70 valence electrons. The van der Waals surface area contributed by atoms with E-state index in [4.69, 9.17) is 0 Å². The Bertz CT molecular complexity index is 281. The van der Waals surface area contributed by atoms with Crippen molar-refractivity contribution in [3.8, 4) is 0 Å². The van der Waals surface area contributed by atoms with Gasteiger partial charge in [0.05, 0.1) is 0 Å². The minimum absolute atomic E-state index is 0.399. The van der Waals surface area contributed by atoms with E-state index in [-0.39, 0.29) is 0 Å². The molecule has 4 nitrogen and oxygen atoms in total. The average molecular weight is 179 g/mol. The Morgan fingerprint density at radius 1 is 1.62 bits per heavy atom. The van der Waals surface area contributed by atoms with Crippen LogP contribution >= 0.6 is 0 Å². The van der Waals surface area contributed by atoms with E-state index >= 15 is 0 Å². The predicted octanol–water partition coefficient (Wildman–Crippen LogP) is 1.04. The van der Waals surface area contributed by atoms with E-state index in [1.54, 1.807) is 6.33 Å². The summed E-state index contributed by atoms with van der Waals surface area (Å²) in [5.74, 6) is 0.874. The highest BCUT2D eigenvalue weighted by Crippen LogP contribution is 2.22. The Morgan fingerprint density at radius 3 is 3.23 bits per heavy atom. The SMILES string of the molecule is O=C1CCCC(Cn2cncn2)C1. The van der Waals surface area contributed by atoms with Gasteiger partial charge in [0.15, 0.2) is 0 Å². The summed E-state index contributed by atoms with van der Waals surface area (Å²) in [6.45, 7) is 0.839. The molecule has 0 bridgehead atoms. The van der Waals surface area contributed by atoms with Gasteiger partial charge < -0.3 is 0 Å². The molecule has 1 aromatic heterocycles. The molecule has 1 atom stereocenters. The fourth-order valence-corrected chi connectivity index (χ4v) is 1.86. The first-order valence-corrected chi connectivity index (χ1v) is 4.68. The Labute approximate surface area is 77.0 Å². The van der Waals surface area contributed by atoms with Gasteiger partial charge in [0, 0.05) is 19.4 Å². The molecule has 1 unspecified atom stereocenters. The summed E-state index contributed by atoms with van der Waals surface area (Å²) in [4.78, 5) is 15.0. The highest BCUT2D eigenvalue weighted by atomic mass is 16.1. The minimum atomic E-state index is 0.399. The third-order valence-electron chi connectivity index (χ3n) is 2.50. The van der Waals surface area contributed by atoms with Gasteiger partial charge in [-0.2, -0.15) is 5.10 Å². The van der Waals surface area contributed by atoms with E-state index in [9.17, 15) is 4.79 Å². The van der Waals surface area contributed by atoms with E-state index in [2.05, 4.69) is 10.1 Å². The van der Waals surface area contributed by atoms with Crippen molar-refractivity contribution < 1.29 is 4.79 Å². The van der Waals surface area contributed by atoms with Crippen LogP contribution in [0, 0.1) is 5.92 Å². The molecule has 0 saturated heterocycles. The summed E-state index contributed by atoms with van der Waals surface area (Å²) < 4.78 is 1.81. The maximum absolute atomic E-state index is 11.2. The molecule has 0 aromatic carbocycles. The lowest BCUT2D eigenvalue weighted by Gasteiger charge is -2.19. The van der Waals surface area contributed by atoms with E-state index in [1.807, 2.05) is 4.68 Å². The molecule has 2 rings (SSSR count). The van der Waals surface area contributed by atoms with E-state index in [0.717, 1.165) is 32.2 Å². The summed E-state index contributed by atoms with van der Waals surface area (Å²) in [5.41, 5.74) is 0. The first kappa shape index (κ1) is 8.41. The number of rotatable bonds is 2. The second-order valence-electron chi connectivity index (χ2n) is 3.62. The third-order valence-corrected chi connectivity index (χ3v) is 2.50. The molecule has 1 heterocycles. The van der Waals surface area contributed by atoms with Gasteiger partial charge in [0.25, 0.3) is 0 Å². The number of carbonyl (C=O) groups is 1. The summed E-state index contributed by atoms with van der Waals surface area (Å²) in [7, 11) is 0. The van der Waals surface area contributed by atoms with Crippen molar-refractivity contribution in [2.24, 2.45) is 5.92 Å². The van der Waals surface area contributed by atoms with Gasteiger partial charge in [-0.15, -0.1) is 0 Å². The molecule has 1 fully saturated rings. The van der Waals surface area contributed by atoms with Crippen LogP contribution in [-0.2, 0) is 11.3 Å². The summed E-state index contributed by atoms with van der Waals surface area (Å²) in [6.07, 6.45) is 6.92. The van der Waals surface area contributed by atoms with Crippen LogP contribution in [0.25, 0.3) is 0 Å². The molecule has 4 heteroatoms. The van der Waals surface area contributed by atoms with Crippen molar-refractivity contribution in [1.82, 2.24) is 14.8 Å². The molecule has 0 aliphatic heterocycles. The molecule has 0 N–H and O–H groups in total. The molecule has 1 saturated carbocycles. The van der Waals surface area contributed by atoms with E-state index in [1.165, 1.54) is 6.33 Å². The monoisotopic (exact) mass is 179 g/mol. The van der Waals surface area contributed by atoms with Crippen LogP contribution < -0.4 is 0 Å². The van der Waals surface area contributed by atoms with Crippen LogP contribution in [0.3, 0.4) is 0 Å². The van der Waals surface area contributed by atoms with Crippen molar-refractivity contribution >= 4 is 5.78 Å². The van der Waals surface area contributed by atoms with Gasteiger partial charge in [0.1, 0.15) is 18.4 Å². The average Bonchev–Trinajstić information content (AvgIpc) is 2.57. The molecule has 0 radical (unpaired) electrons. The fourth-order valence-electron chi connectivity index (χ4n) is 1.86. The summed E-state index contributed by atoms with van der Waals surface area (Å²) in [6, 6.07) is 0. The van der Waals surface area contributed by atoms with E-state index < -0.39 is 0 Å². The van der Waals surface area contributed by atoms with Gasteiger partial charge in [-0.25, -0.2) is 4.98 Å². The number of hydrogen-bond acceptors (Lipinski definition) is 3. The number of hydrogen-bond donors (Lipinski definition) is 0. The highest BCUT2D eigenvalue weighted by molar-refractivity contribution is 5.79. The molecule has 0 spiro atoms. The van der Waals surface area contributed by atoms with Crippen molar-refractivity contribution in [1.29, 1.82) is 0 Å². The first-order valence-electron chi connectivity index (χ1n) is 4.68. The number of ketones is 1. The van der Waals surface area contributed by atoms with Crippen molar-refractivity contribution in [3.05, 3.63) is 12.7 Å². The van der Waals surface area contributed by atoms with Crippen LogP contribution in [0.15, 0.2) is 12.7 Å². The topological polar surface area (TPSA) is 47.8 Å². The second-order valence-corrected chi connectivity index (χ2v) is 3.62. The van der Waals surface area contributed by atoms with Gasteiger partial charge in [-0.1, -0.05) is 0 Å². The number of Topliss-reactive ketones (excluding diaryl/α,β-unsaturated/α-hetero) is 1. The zero-order chi connectivity index (χ0) is 9.10. The Morgan fingerprint density at radius 2 is 2.54 bits per heavy atom. The number of aromatic nitrogens is 3. The maximum atomic E-state index is 11.2. The van der Waals surface area contributed by atoms with Crippen LogP contribution in [-0.4, -0.2) is 20.5 Å². The minimum Gasteiger partial charge on any atom is -0.300 e. The van der Waals surface area contributed by atoms with Crippen molar-refractivity contribution in [3.63, 3.8) is 0 Å². The lowest BCUT2D eigenvalue weighted by molar-refractivity contribution is -0.121. The van der Waals surface area contributed by atoms with Gasteiger partial charge in [-0.05, 0) is 18.8 Å². The van der Waals surface area contributed by atoms with Crippen LogP contribution in [0.4, 0.5) is 0 Å². The third kappa shape index (κ3) is 2.14. The van der Waals surface area contributed by atoms with Crippen LogP contribution in [0.5, 0.6) is 0 Å². The lowest BCUT2D eigenvalue weighted by atomic mass is 9.88. The lowest BCUT2D eigenvalue weighted by Crippen LogP contribution is -2.19. The molecular weight excluding hydrogens is 166 g/mol. The zero-order valence-corrected chi connectivity index (χ0v) is 7.52. The first-order chi connectivity index (χ1) is 6.34.